The van der Waals surface area contributed by atoms with E-state index in [0.29, 0.717) is 0 Å². The molecule has 0 N–H and O–H groups in total. The molecule has 3 unspecified atom stereocenters. The molecule has 0 aromatic carbocycles. The van der Waals surface area contributed by atoms with Crippen LogP contribution >= 0.6 is 0 Å². The Labute approximate surface area is 82.4 Å². The number of allylic oxidation sites excluding steroid dienone is 2. The van der Waals surface area contributed by atoms with E-state index in [9.17, 15) is 0 Å². The van der Waals surface area contributed by atoms with E-state index in [2.05, 4.69) is 26.8 Å². The Kier molecular flexibility index (Phi) is 2.49. The van der Waals surface area contributed by atoms with Gasteiger partial charge in [-0.15, -0.1) is 0 Å². The monoisotopic (exact) mass is 178 g/mol. The van der Waals surface area contributed by atoms with Gasteiger partial charge in [-0.3, -0.25) is 0 Å². The minimum Gasteiger partial charge on any atom is -0.0819 e. The summed E-state index contributed by atoms with van der Waals surface area (Å²) in [4.78, 5) is 0. The molecule has 0 saturated heterocycles. The molecule has 0 aromatic heterocycles. The van der Waals surface area contributed by atoms with Gasteiger partial charge in [-0.1, -0.05) is 31.9 Å². The van der Waals surface area contributed by atoms with Crippen molar-refractivity contribution in [1.29, 1.82) is 0 Å². The molecule has 74 valence electrons. The molecule has 13 heavy (non-hydrogen) atoms. The smallest absolute Gasteiger partial charge is 0.0174 e. The van der Waals surface area contributed by atoms with Crippen LogP contribution in [0, 0.1) is 23.7 Å². The highest BCUT2D eigenvalue weighted by atomic mass is 14.4. The number of rotatable bonds is 0. The van der Waals surface area contributed by atoms with Crippen LogP contribution in [0.4, 0.5) is 0 Å². The van der Waals surface area contributed by atoms with Gasteiger partial charge >= 0.3 is 0 Å². The summed E-state index contributed by atoms with van der Waals surface area (Å²) in [5.41, 5.74) is 1.64. The van der Waals surface area contributed by atoms with E-state index in [4.69, 9.17) is 0 Å². The van der Waals surface area contributed by atoms with Crippen molar-refractivity contribution >= 4 is 0 Å². The molecule has 0 bridgehead atoms. The molecule has 2 aliphatic rings. The first-order valence-corrected chi connectivity index (χ1v) is 5.86. The summed E-state index contributed by atoms with van der Waals surface area (Å²) in [6.45, 7) is 7.21. The summed E-state index contributed by atoms with van der Waals surface area (Å²) in [5, 5.41) is 0. The first kappa shape index (κ1) is 9.30. The van der Waals surface area contributed by atoms with Gasteiger partial charge in [-0.05, 0) is 49.9 Å². The molecular weight excluding hydrogens is 156 g/mol. The van der Waals surface area contributed by atoms with Gasteiger partial charge in [0.2, 0.25) is 0 Å². The Balaban J connectivity index is 2.18. The standard InChI is InChI=1S/C13H22/c1-9-4-7-12-10(2)5-6-11(3)13(12)8-9/h8,10-13H,4-7H2,1-3H3/t10-,11?,12?,13?/m1/s1. The first-order valence-electron chi connectivity index (χ1n) is 5.86. The van der Waals surface area contributed by atoms with Crippen molar-refractivity contribution in [2.45, 2.75) is 46.5 Å². The molecule has 2 aliphatic carbocycles. The molecule has 0 nitrogen and oxygen atoms in total. The lowest BCUT2D eigenvalue weighted by molar-refractivity contribution is 0.126. The zero-order chi connectivity index (χ0) is 9.42. The summed E-state index contributed by atoms with van der Waals surface area (Å²) in [7, 11) is 0. The van der Waals surface area contributed by atoms with Crippen LogP contribution in [0.3, 0.4) is 0 Å². The van der Waals surface area contributed by atoms with Gasteiger partial charge in [0.15, 0.2) is 0 Å². The second kappa shape index (κ2) is 3.48. The molecule has 0 amide bonds. The average molecular weight is 178 g/mol. The van der Waals surface area contributed by atoms with Gasteiger partial charge in [-0.25, -0.2) is 0 Å². The van der Waals surface area contributed by atoms with Crippen molar-refractivity contribution in [1.82, 2.24) is 0 Å². The van der Waals surface area contributed by atoms with Gasteiger partial charge in [0.1, 0.15) is 0 Å². The molecule has 0 heteroatoms. The third-order valence-electron chi connectivity index (χ3n) is 4.31. The molecule has 1 fully saturated rings. The Morgan fingerprint density at radius 3 is 2.54 bits per heavy atom. The van der Waals surface area contributed by atoms with Gasteiger partial charge in [0.05, 0.1) is 0 Å². The van der Waals surface area contributed by atoms with Gasteiger partial charge in [0.25, 0.3) is 0 Å². The summed E-state index contributed by atoms with van der Waals surface area (Å²) in [6, 6.07) is 0. The van der Waals surface area contributed by atoms with Gasteiger partial charge in [-0.2, -0.15) is 0 Å². The third kappa shape index (κ3) is 1.68. The maximum atomic E-state index is 2.58. The predicted molar refractivity (Wildman–Crippen MR) is 57.5 cm³/mol. The van der Waals surface area contributed by atoms with Crippen LogP contribution in [0.25, 0.3) is 0 Å². The fourth-order valence-corrected chi connectivity index (χ4v) is 3.30. The van der Waals surface area contributed by atoms with Crippen LogP contribution in [0.15, 0.2) is 11.6 Å². The Morgan fingerprint density at radius 1 is 1.08 bits per heavy atom. The predicted octanol–water partition coefficient (Wildman–Crippen LogP) is 4.02. The molecule has 1 saturated carbocycles. The fourth-order valence-electron chi connectivity index (χ4n) is 3.30. The molecule has 4 atom stereocenters. The van der Waals surface area contributed by atoms with Crippen molar-refractivity contribution in [2.75, 3.05) is 0 Å². The Hall–Kier alpha value is -0.260. The van der Waals surface area contributed by atoms with E-state index in [1.54, 1.807) is 5.57 Å². The lowest BCUT2D eigenvalue weighted by Gasteiger charge is -2.42. The molecule has 2 rings (SSSR count). The quantitative estimate of drug-likeness (QED) is 0.491. The van der Waals surface area contributed by atoms with Crippen LogP contribution in [0.2, 0.25) is 0 Å². The van der Waals surface area contributed by atoms with E-state index < -0.39 is 0 Å². The summed E-state index contributed by atoms with van der Waals surface area (Å²) in [6.07, 6.45) is 8.31. The largest absolute Gasteiger partial charge is 0.0819 e. The van der Waals surface area contributed by atoms with E-state index in [0.717, 1.165) is 23.7 Å². The third-order valence-corrected chi connectivity index (χ3v) is 4.31. The van der Waals surface area contributed by atoms with E-state index in [-0.39, 0.29) is 0 Å². The van der Waals surface area contributed by atoms with E-state index in [1.165, 1.54) is 25.7 Å². The topological polar surface area (TPSA) is 0 Å². The molecular formula is C13H22. The minimum absolute atomic E-state index is 0.914. The highest BCUT2D eigenvalue weighted by molar-refractivity contribution is 5.10. The average Bonchev–Trinajstić information content (AvgIpc) is 2.12. The van der Waals surface area contributed by atoms with Gasteiger partial charge < -0.3 is 0 Å². The maximum absolute atomic E-state index is 2.58. The molecule has 0 spiro atoms. The summed E-state index contributed by atoms with van der Waals surface area (Å²) >= 11 is 0. The van der Waals surface area contributed by atoms with Crippen molar-refractivity contribution in [3.63, 3.8) is 0 Å². The molecule has 0 radical (unpaired) electrons. The maximum Gasteiger partial charge on any atom is -0.0174 e. The fraction of sp³-hybridized carbons (Fsp3) is 0.846. The lowest BCUT2D eigenvalue weighted by Crippen LogP contribution is -2.33. The van der Waals surface area contributed by atoms with Crippen LogP contribution in [-0.2, 0) is 0 Å². The second-order valence-corrected chi connectivity index (χ2v) is 5.32. The minimum atomic E-state index is 0.914. The van der Waals surface area contributed by atoms with Crippen molar-refractivity contribution < 1.29 is 0 Å². The SMILES string of the molecule is CC1=CC2C(C)CC[C@@H](C)C2CC1. The van der Waals surface area contributed by atoms with Crippen molar-refractivity contribution in [3.05, 3.63) is 11.6 Å². The van der Waals surface area contributed by atoms with Crippen LogP contribution in [-0.4, -0.2) is 0 Å². The first-order chi connectivity index (χ1) is 6.18. The van der Waals surface area contributed by atoms with Crippen LogP contribution in [0.5, 0.6) is 0 Å². The van der Waals surface area contributed by atoms with E-state index in [1.807, 2.05) is 0 Å². The summed E-state index contributed by atoms with van der Waals surface area (Å²) < 4.78 is 0. The van der Waals surface area contributed by atoms with Crippen LogP contribution in [0.1, 0.15) is 46.5 Å². The Bertz CT molecular complexity index is 214. The zero-order valence-electron chi connectivity index (χ0n) is 9.22. The molecule has 0 aliphatic heterocycles. The van der Waals surface area contributed by atoms with Gasteiger partial charge in [0, 0.05) is 0 Å². The van der Waals surface area contributed by atoms with Crippen molar-refractivity contribution in [2.24, 2.45) is 23.7 Å². The highest BCUT2D eigenvalue weighted by Crippen LogP contribution is 2.45. The number of hydrogen-bond donors (Lipinski definition) is 0. The normalized spacial score (nSPS) is 45.3. The molecule has 0 heterocycles. The van der Waals surface area contributed by atoms with Crippen molar-refractivity contribution in [3.8, 4) is 0 Å². The zero-order valence-corrected chi connectivity index (χ0v) is 9.22. The number of fused-ring (bicyclic) bond motifs is 1. The Morgan fingerprint density at radius 2 is 1.77 bits per heavy atom. The van der Waals surface area contributed by atoms with E-state index >= 15 is 0 Å². The molecule has 0 aromatic rings. The second-order valence-electron chi connectivity index (χ2n) is 5.32. The van der Waals surface area contributed by atoms with Crippen LogP contribution < -0.4 is 0 Å². The highest BCUT2D eigenvalue weighted by Gasteiger charge is 2.35. The summed E-state index contributed by atoms with van der Waals surface area (Å²) in [5.74, 6) is 3.84. The number of hydrogen-bond acceptors (Lipinski definition) is 0. The lowest BCUT2D eigenvalue weighted by atomic mass is 9.63.